The Morgan fingerprint density at radius 2 is 2.27 bits per heavy atom. The lowest BCUT2D eigenvalue weighted by molar-refractivity contribution is -0.138. The van der Waals surface area contributed by atoms with Crippen molar-refractivity contribution in [1.29, 1.82) is 0 Å². The molecular weight excluding hydrogens is 303 g/mol. The van der Waals surface area contributed by atoms with E-state index in [0.717, 1.165) is 12.7 Å². The number of pyridine rings is 1. The molecule has 9 heteroatoms. The molecule has 0 bridgehead atoms. The first-order valence-corrected chi connectivity index (χ1v) is 6.65. The van der Waals surface area contributed by atoms with Crippen molar-refractivity contribution >= 4 is 5.91 Å². The van der Waals surface area contributed by atoms with Gasteiger partial charge in [-0.05, 0) is 13.1 Å². The van der Waals surface area contributed by atoms with Crippen molar-refractivity contribution in [2.45, 2.75) is 12.2 Å². The van der Waals surface area contributed by atoms with Crippen molar-refractivity contribution in [3.05, 3.63) is 33.7 Å². The molecule has 0 spiro atoms. The Labute approximate surface area is 124 Å². The van der Waals surface area contributed by atoms with Gasteiger partial charge in [0.2, 0.25) is 0 Å². The van der Waals surface area contributed by atoms with Crippen LogP contribution >= 0.6 is 0 Å². The number of aromatic nitrogens is 1. The highest BCUT2D eigenvalue weighted by molar-refractivity contribution is 5.94. The average Bonchev–Trinajstić information content (AvgIpc) is 2.45. The number of likely N-dealkylation sites (N-methyl/N-ethyl adjacent to an activating group) is 1. The van der Waals surface area contributed by atoms with Crippen LogP contribution in [0.4, 0.5) is 13.2 Å². The van der Waals surface area contributed by atoms with Crippen LogP contribution in [0.5, 0.6) is 0 Å². The number of aromatic amines is 1. The summed E-state index contributed by atoms with van der Waals surface area (Å²) in [5, 5.41) is 2.55. The summed E-state index contributed by atoms with van der Waals surface area (Å²) in [5.41, 5.74) is -2.91. The number of carbonyl (C=O) groups is 1. The fourth-order valence-corrected chi connectivity index (χ4v) is 2.09. The van der Waals surface area contributed by atoms with E-state index in [1.807, 2.05) is 16.9 Å². The predicted octanol–water partition coefficient (Wildman–Crippen LogP) is 0.454. The van der Waals surface area contributed by atoms with Crippen LogP contribution in [0.15, 0.2) is 17.1 Å². The molecule has 1 aromatic heterocycles. The molecule has 0 radical (unpaired) electrons. The Kier molecular flexibility index (Phi) is 4.87. The molecule has 1 atom stereocenters. The molecule has 0 aliphatic carbocycles. The van der Waals surface area contributed by atoms with E-state index in [9.17, 15) is 22.8 Å². The SMILES string of the molecule is CN1CCOCC1CNC(=O)c1c[nH]c(=O)c(C(F)(F)F)c1. The maximum Gasteiger partial charge on any atom is 0.421 e. The number of hydrogen-bond donors (Lipinski definition) is 2. The van der Waals surface area contributed by atoms with E-state index < -0.39 is 23.2 Å². The van der Waals surface area contributed by atoms with E-state index in [1.54, 1.807) is 0 Å². The van der Waals surface area contributed by atoms with Gasteiger partial charge in [-0.1, -0.05) is 0 Å². The van der Waals surface area contributed by atoms with Crippen molar-refractivity contribution in [2.75, 3.05) is 33.4 Å². The van der Waals surface area contributed by atoms with Gasteiger partial charge in [0.15, 0.2) is 0 Å². The summed E-state index contributed by atoms with van der Waals surface area (Å²) in [6.45, 7) is 2.01. The number of H-pyrrole nitrogens is 1. The van der Waals surface area contributed by atoms with Gasteiger partial charge in [0.05, 0.1) is 24.8 Å². The maximum atomic E-state index is 12.6. The molecule has 1 aliphatic rings. The number of alkyl halides is 3. The lowest BCUT2D eigenvalue weighted by Gasteiger charge is -2.32. The van der Waals surface area contributed by atoms with Crippen molar-refractivity contribution in [1.82, 2.24) is 15.2 Å². The van der Waals surface area contributed by atoms with E-state index >= 15 is 0 Å². The normalized spacial score (nSPS) is 19.9. The first-order chi connectivity index (χ1) is 10.3. The summed E-state index contributed by atoms with van der Waals surface area (Å²) in [6.07, 6.45) is -3.84. The second-order valence-electron chi connectivity index (χ2n) is 5.05. The number of carbonyl (C=O) groups excluding carboxylic acids is 1. The molecule has 0 saturated carbocycles. The maximum absolute atomic E-state index is 12.6. The zero-order valence-corrected chi connectivity index (χ0v) is 11.9. The Balaban J connectivity index is 2.05. The highest BCUT2D eigenvalue weighted by atomic mass is 19.4. The predicted molar refractivity (Wildman–Crippen MR) is 71.6 cm³/mol. The average molecular weight is 319 g/mol. The van der Waals surface area contributed by atoms with Gasteiger partial charge in [-0.25, -0.2) is 0 Å². The second-order valence-corrected chi connectivity index (χ2v) is 5.05. The molecule has 2 heterocycles. The zero-order valence-electron chi connectivity index (χ0n) is 11.9. The number of halogens is 3. The number of morpholine rings is 1. The van der Waals surface area contributed by atoms with Gasteiger partial charge in [0.25, 0.3) is 11.5 Å². The molecule has 1 aliphatic heterocycles. The Morgan fingerprint density at radius 1 is 1.55 bits per heavy atom. The number of amides is 1. The molecule has 1 amide bonds. The summed E-state index contributed by atoms with van der Waals surface area (Å²) in [4.78, 5) is 27.0. The van der Waals surface area contributed by atoms with Gasteiger partial charge in [0, 0.05) is 19.3 Å². The molecule has 1 saturated heterocycles. The summed E-state index contributed by atoms with van der Waals surface area (Å²) in [7, 11) is 1.88. The minimum Gasteiger partial charge on any atom is -0.378 e. The molecule has 1 aromatic rings. The van der Waals surface area contributed by atoms with Crippen LogP contribution in [0, 0.1) is 0 Å². The van der Waals surface area contributed by atoms with Crippen LogP contribution in [0.3, 0.4) is 0 Å². The first kappa shape index (κ1) is 16.5. The fraction of sp³-hybridized carbons (Fsp3) is 0.538. The van der Waals surface area contributed by atoms with Crippen molar-refractivity contribution < 1.29 is 22.7 Å². The summed E-state index contributed by atoms with van der Waals surface area (Å²) in [5.74, 6) is -0.680. The van der Waals surface area contributed by atoms with Gasteiger partial charge in [-0.2, -0.15) is 13.2 Å². The van der Waals surface area contributed by atoms with Crippen LogP contribution in [0.25, 0.3) is 0 Å². The van der Waals surface area contributed by atoms with Crippen LogP contribution < -0.4 is 10.9 Å². The molecule has 1 fully saturated rings. The van der Waals surface area contributed by atoms with Crippen molar-refractivity contribution in [3.63, 3.8) is 0 Å². The van der Waals surface area contributed by atoms with Crippen LogP contribution in [0.2, 0.25) is 0 Å². The second kappa shape index (κ2) is 6.49. The molecule has 1 unspecified atom stereocenters. The Bertz CT molecular complexity index is 600. The number of hydrogen-bond acceptors (Lipinski definition) is 4. The third-order valence-corrected chi connectivity index (χ3v) is 3.49. The van der Waals surface area contributed by atoms with Crippen LogP contribution in [0.1, 0.15) is 15.9 Å². The number of nitrogens with zero attached hydrogens (tertiary/aromatic N) is 1. The van der Waals surface area contributed by atoms with Gasteiger partial charge in [0.1, 0.15) is 5.56 Å². The molecule has 22 heavy (non-hydrogen) atoms. The first-order valence-electron chi connectivity index (χ1n) is 6.65. The highest BCUT2D eigenvalue weighted by Crippen LogP contribution is 2.26. The monoisotopic (exact) mass is 319 g/mol. The Morgan fingerprint density at radius 3 is 2.91 bits per heavy atom. The minimum absolute atomic E-state index is 0.0393. The number of rotatable bonds is 3. The van der Waals surface area contributed by atoms with Crippen molar-refractivity contribution in [2.24, 2.45) is 0 Å². The van der Waals surface area contributed by atoms with E-state index in [2.05, 4.69) is 5.32 Å². The molecule has 2 N–H and O–H groups in total. The minimum atomic E-state index is -4.80. The summed E-state index contributed by atoms with van der Waals surface area (Å²) in [6, 6.07) is 0.512. The third kappa shape index (κ3) is 3.86. The summed E-state index contributed by atoms with van der Waals surface area (Å²) < 4.78 is 43.2. The quantitative estimate of drug-likeness (QED) is 0.848. The zero-order chi connectivity index (χ0) is 16.3. The molecule has 0 aromatic carbocycles. The van der Waals surface area contributed by atoms with Gasteiger partial charge < -0.3 is 15.0 Å². The number of ether oxygens (including phenoxy) is 1. The third-order valence-electron chi connectivity index (χ3n) is 3.49. The largest absolute Gasteiger partial charge is 0.421 e. The molecular formula is C13H16F3N3O3. The topological polar surface area (TPSA) is 74.4 Å². The number of nitrogens with one attached hydrogen (secondary N) is 2. The van der Waals surface area contributed by atoms with E-state index in [1.165, 1.54) is 0 Å². The Hall–Kier alpha value is -1.87. The van der Waals surface area contributed by atoms with Gasteiger partial charge >= 0.3 is 6.18 Å². The van der Waals surface area contributed by atoms with E-state index in [4.69, 9.17) is 4.74 Å². The van der Waals surface area contributed by atoms with Gasteiger partial charge in [-0.3, -0.25) is 14.5 Å². The standard InChI is InChI=1S/C13H16F3N3O3/c1-19-2-3-22-7-9(19)6-18-11(20)8-4-10(13(14,15)16)12(21)17-5-8/h4-5,9H,2-3,6-7H2,1H3,(H,17,21)(H,18,20). The molecule has 2 rings (SSSR count). The summed E-state index contributed by atoms with van der Waals surface area (Å²) >= 11 is 0. The van der Waals surface area contributed by atoms with Gasteiger partial charge in [-0.15, -0.1) is 0 Å². The van der Waals surface area contributed by atoms with Crippen LogP contribution in [-0.4, -0.2) is 55.2 Å². The smallest absolute Gasteiger partial charge is 0.378 e. The molecule has 6 nitrogen and oxygen atoms in total. The van der Waals surface area contributed by atoms with E-state index in [0.29, 0.717) is 19.3 Å². The fourth-order valence-electron chi connectivity index (χ4n) is 2.09. The lowest BCUT2D eigenvalue weighted by Crippen LogP contribution is -2.49. The highest BCUT2D eigenvalue weighted by Gasteiger charge is 2.34. The van der Waals surface area contributed by atoms with E-state index in [-0.39, 0.29) is 18.2 Å². The van der Waals surface area contributed by atoms with Crippen molar-refractivity contribution in [3.8, 4) is 0 Å². The lowest BCUT2D eigenvalue weighted by atomic mass is 10.1. The molecule has 122 valence electrons. The van der Waals surface area contributed by atoms with Crippen LogP contribution in [-0.2, 0) is 10.9 Å².